The second-order valence-electron chi connectivity index (χ2n) is 8.15. The van der Waals surface area contributed by atoms with E-state index in [-0.39, 0.29) is 23.8 Å². The fraction of sp³-hybridized carbons (Fsp3) is 0.636. The third-order valence-corrected chi connectivity index (χ3v) is 6.36. The minimum Gasteiger partial charge on any atom is -0.381 e. The summed E-state index contributed by atoms with van der Waals surface area (Å²) in [4.78, 5) is 32.1. The molecule has 3 fully saturated rings. The molecule has 0 aromatic heterocycles. The zero-order valence-electron chi connectivity index (χ0n) is 16.6. The Morgan fingerprint density at radius 3 is 2.39 bits per heavy atom. The minimum absolute atomic E-state index is 0.0298. The van der Waals surface area contributed by atoms with E-state index in [0.717, 1.165) is 58.4 Å². The van der Waals surface area contributed by atoms with E-state index in [2.05, 4.69) is 17.0 Å². The van der Waals surface area contributed by atoms with Crippen LogP contribution in [0.2, 0.25) is 0 Å². The highest BCUT2D eigenvalue weighted by molar-refractivity contribution is 5.83. The fourth-order valence-electron chi connectivity index (χ4n) is 4.68. The molecular weight excluding hydrogens is 354 g/mol. The van der Waals surface area contributed by atoms with E-state index in [1.165, 1.54) is 5.56 Å². The topological polar surface area (TPSA) is 53.1 Å². The van der Waals surface area contributed by atoms with Crippen molar-refractivity contribution in [2.45, 2.75) is 38.3 Å². The largest absolute Gasteiger partial charge is 0.381 e. The van der Waals surface area contributed by atoms with Gasteiger partial charge in [-0.05, 0) is 31.2 Å². The molecule has 4 rings (SSSR count). The summed E-state index contributed by atoms with van der Waals surface area (Å²) < 4.78 is 5.38. The maximum absolute atomic E-state index is 13.1. The molecule has 2 amide bonds. The molecule has 0 bridgehead atoms. The Hall–Kier alpha value is -1.92. The number of carbonyl (C=O) groups excluding carboxylic acids is 2. The number of rotatable bonds is 4. The zero-order chi connectivity index (χ0) is 19.3. The summed E-state index contributed by atoms with van der Waals surface area (Å²) in [7, 11) is 0. The van der Waals surface area contributed by atoms with Gasteiger partial charge in [0.1, 0.15) is 0 Å². The predicted octanol–water partition coefficient (Wildman–Crippen LogP) is 1.75. The Morgan fingerprint density at radius 1 is 0.964 bits per heavy atom. The van der Waals surface area contributed by atoms with Crippen LogP contribution in [0, 0.1) is 5.92 Å². The predicted molar refractivity (Wildman–Crippen MR) is 107 cm³/mol. The van der Waals surface area contributed by atoms with Gasteiger partial charge < -0.3 is 14.5 Å². The number of benzene rings is 1. The van der Waals surface area contributed by atoms with Crippen LogP contribution in [-0.2, 0) is 20.9 Å². The zero-order valence-corrected chi connectivity index (χ0v) is 16.6. The maximum Gasteiger partial charge on any atom is 0.240 e. The Labute approximate surface area is 167 Å². The number of piperidine rings is 1. The normalized spacial score (nSPS) is 25.1. The van der Waals surface area contributed by atoms with Gasteiger partial charge in [-0.25, -0.2) is 0 Å². The number of carbonyl (C=O) groups is 2. The number of hydrogen-bond acceptors (Lipinski definition) is 4. The van der Waals surface area contributed by atoms with E-state index in [1.54, 1.807) is 0 Å². The van der Waals surface area contributed by atoms with Gasteiger partial charge in [-0.1, -0.05) is 30.3 Å². The van der Waals surface area contributed by atoms with Gasteiger partial charge in [0, 0.05) is 58.4 Å². The molecule has 1 aromatic carbocycles. The maximum atomic E-state index is 13.1. The summed E-state index contributed by atoms with van der Waals surface area (Å²) in [5.41, 5.74) is 1.18. The van der Waals surface area contributed by atoms with E-state index in [9.17, 15) is 9.59 Å². The Balaban J connectivity index is 1.31. The van der Waals surface area contributed by atoms with Crippen LogP contribution < -0.4 is 0 Å². The molecule has 152 valence electrons. The highest BCUT2D eigenvalue weighted by atomic mass is 16.5. The van der Waals surface area contributed by atoms with Crippen LogP contribution in [0.25, 0.3) is 0 Å². The van der Waals surface area contributed by atoms with Gasteiger partial charge in [-0.2, -0.15) is 0 Å². The second kappa shape index (κ2) is 9.05. The summed E-state index contributed by atoms with van der Waals surface area (Å²) in [6.45, 7) is 5.99. The highest BCUT2D eigenvalue weighted by Gasteiger charge is 2.36. The van der Waals surface area contributed by atoms with Gasteiger partial charge >= 0.3 is 0 Å². The van der Waals surface area contributed by atoms with Crippen molar-refractivity contribution in [3.63, 3.8) is 0 Å². The molecule has 3 heterocycles. The number of hydrogen-bond donors (Lipinski definition) is 0. The van der Waals surface area contributed by atoms with Crippen LogP contribution >= 0.6 is 0 Å². The second-order valence-corrected chi connectivity index (χ2v) is 8.15. The molecule has 3 saturated heterocycles. The van der Waals surface area contributed by atoms with Crippen LogP contribution in [0.3, 0.4) is 0 Å². The van der Waals surface area contributed by atoms with Gasteiger partial charge in [0.2, 0.25) is 11.8 Å². The van der Waals surface area contributed by atoms with Crippen LogP contribution in [0.4, 0.5) is 0 Å². The summed E-state index contributed by atoms with van der Waals surface area (Å²) in [6.07, 6.45) is 3.66. The SMILES string of the molecule is O=C(C1CCOCC1)N1CCN([C@@H]2CCCN(Cc3ccccc3)C2=O)CC1. The van der Waals surface area contributed by atoms with Crippen molar-refractivity contribution in [1.82, 2.24) is 14.7 Å². The molecule has 1 atom stereocenters. The first-order valence-electron chi connectivity index (χ1n) is 10.7. The number of likely N-dealkylation sites (tertiary alicyclic amines) is 1. The van der Waals surface area contributed by atoms with Crippen molar-refractivity contribution in [3.8, 4) is 0 Å². The van der Waals surface area contributed by atoms with Gasteiger partial charge in [0.05, 0.1) is 6.04 Å². The van der Waals surface area contributed by atoms with Crippen LogP contribution in [0.15, 0.2) is 30.3 Å². The van der Waals surface area contributed by atoms with E-state index in [0.29, 0.717) is 19.8 Å². The van der Waals surface area contributed by atoms with E-state index < -0.39 is 0 Å². The van der Waals surface area contributed by atoms with Crippen molar-refractivity contribution < 1.29 is 14.3 Å². The van der Waals surface area contributed by atoms with E-state index in [1.807, 2.05) is 28.0 Å². The lowest BCUT2D eigenvalue weighted by molar-refractivity contribution is -0.145. The number of piperazine rings is 1. The van der Waals surface area contributed by atoms with E-state index >= 15 is 0 Å². The van der Waals surface area contributed by atoms with Crippen molar-refractivity contribution in [2.24, 2.45) is 5.92 Å². The Morgan fingerprint density at radius 2 is 1.68 bits per heavy atom. The summed E-state index contributed by atoms with van der Waals surface area (Å²) >= 11 is 0. The fourth-order valence-corrected chi connectivity index (χ4v) is 4.68. The molecule has 3 aliphatic heterocycles. The Bertz CT molecular complexity index is 667. The lowest BCUT2D eigenvalue weighted by atomic mass is 9.97. The van der Waals surface area contributed by atoms with Crippen molar-refractivity contribution >= 4 is 11.8 Å². The van der Waals surface area contributed by atoms with E-state index in [4.69, 9.17) is 4.74 Å². The number of nitrogens with zero attached hydrogens (tertiary/aromatic N) is 3. The molecule has 0 unspecified atom stereocenters. The molecule has 0 saturated carbocycles. The van der Waals surface area contributed by atoms with Crippen molar-refractivity contribution in [2.75, 3.05) is 45.9 Å². The van der Waals surface area contributed by atoms with Crippen LogP contribution in [0.5, 0.6) is 0 Å². The lowest BCUT2D eigenvalue weighted by Crippen LogP contribution is -2.58. The van der Waals surface area contributed by atoms with Crippen molar-refractivity contribution in [3.05, 3.63) is 35.9 Å². The standard InChI is InChI=1S/C22H31N3O3/c26-21(19-8-15-28-16-9-19)24-13-11-23(12-14-24)20-7-4-10-25(22(20)27)17-18-5-2-1-3-6-18/h1-3,5-6,19-20H,4,7-17H2/t20-/m1/s1. The van der Waals surface area contributed by atoms with Gasteiger partial charge in [-0.15, -0.1) is 0 Å². The summed E-state index contributed by atoms with van der Waals surface area (Å²) in [6, 6.07) is 10.2. The molecule has 0 radical (unpaired) electrons. The first-order valence-corrected chi connectivity index (χ1v) is 10.7. The lowest BCUT2D eigenvalue weighted by Gasteiger charge is -2.43. The molecule has 1 aromatic rings. The van der Waals surface area contributed by atoms with Gasteiger partial charge in [-0.3, -0.25) is 14.5 Å². The minimum atomic E-state index is -0.0298. The smallest absolute Gasteiger partial charge is 0.240 e. The molecule has 3 aliphatic rings. The van der Waals surface area contributed by atoms with Crippen LogP contribution in [-0.4, -0.2) is 78.5 Å². The molecule has 6 heteroatoms. The first-order chi connectivity index (χ1) is 13.7. The number of ether oxygens (including phenoxy) is 1. The quantitative estimate of drug-likeness (QED) is 0.792. The molecular formula is C22H31N3O3. The molecule has 28 heavy (non-hydrogen) atoms. The summed E-state index contributed by atoms with van der Waals surface area (Å²) in [5.74, 6) is 0.654. The average molecular weight is 386 g/mol. The van der Waals surface area contributed by atoms with Gasteiger partial charge in [0.25, 0.3) is 0 Å². The van der Waals surface area contributed by atoms with Crippen LogP contribution in [0.1, 0.15) is 31.2 Å². The van der Waals surface area contributed by atoms with Crippen molar-refractivity contribution in [1.29, 1.82) is 0 Å². The molecule has 0 aliphatic carbocycles. The monoisotopic (exact) mass is 385 g/mol. The molecule has 0 N–H and O–H groups in total. The first kappa shape index (κ1) is 19.4. The highest BCUT2D eigenvalue weighted by Crippen LogP contribution is 2.23. The third kappa shape index (κ3) is 4.39. The third-order valence-electron chi connectivity index (χ3n) is 6.36. The van der Waals surface area contributed by atoms with Gasteiger partial charge in [0.15, 0.2) is 0 Å². The Kier molecular flexibility index (Phi) is 6.27. The summed E-state index contributed by atoms with van der Waals surface area (Å²) in [5, 5.41) is 0. The molecule has 0 spiro atoms. The number of amides is 2. The average Bonchev–Trinajstić information content (AvgIpc) is 2.76. The molecule has 6 nitrogen and oxygen atoms in total.